The molecule has 0 radical (unpaired) electrons. The normalized spacial score (nSPS) is 23.0. The number of benzene rings is 1. The molecule has 0 spiro atoms. The Morgan fingerprint density at radius 3 is 2.18 bits per heavy atom. The lowest BCUT2D eigenvalue weighted by Gasteiger charge is -2.33. The Bertz CT molecular complexity index is 767. The molecule has 2 aliphatic rings. The van der Waals surface area contributed by atoms with Crippen molar-refractivity contribution in [1.82, 2.24) is 0 Å². The quantitative estimate of drug-likeness (QED) is 0.259. The minimum atomic E-state index is -0.673. The highest BCUT2D eigenvalue weighted by Gasteiger charge is 2.27. The van der Waals surface area contributed by atoms with E-state index in [1.807, 2.05) is 6.08 Å². The molecule has 0 N–H and O–H groups in total. The molecule has 1 atom stereocenters. The molecule has 0 aromatic heterocycles. The Kier molecular flexibility index (Phi) is 11.2. The highest BCUT2D eigenvalue weighted by molar-refractivity contribution is 5.75. The molecule has 0 aliphatic heterocycles. The number of hydrogen-bond donors (Lipinski definition) is 0. The van der Waals surface area contributed by atoms with Crippen LogP contribution in [0.2, 0.25) is 0 Å². The highest BCUT2D eigenvalue weighted by atomic mass is 19.2. The van der Waals surface area contributed by atoms with Crippen molar-refractivity contribution in [3.8, 4) is 0 Å². The molecule has 0 nitrogen and oxygen atoms in total. The van der Waals surface area contributed by atoms with E-state index < -0.39 is 11.6 Å². The number of aryl methyl sites for hydroxylation is 1. The average Bonchev–Trinajstić information content (AvgIpc) is 2.85. The van der Waals surface area contributed by atoms with Crippen LogP contribution in [-0.2, 0) is 6.42 Å². The SMILES string of the molecule is CCCCCCCCC1CCC(C2C=CC(c3ccc(CCCCC)c(F)c3F)=CC2)CC1. The predicted molar refractivity (Wildman–Crippen MR) is 138 cm³/mol. The van der Waals surface area contributed by atoms with Crippen LogP contribution in [0, 0.1) is 29.4 Å². The molecule has 1 saturated carbocycles. The number of allylic oxidation sites excluding steroid dienone is 4. The van der Waals surface area contributed by atoms with Crippen molar-refractivity contribution < 1.29 is 8.78 Å². The minimum Gasteiger partial charge on any atom is -0.203 e. The molecule has 1 aromatic rings. The second-order valence-electron chi connectivity index (χ2n) is 10.6. The van der Waals surface area contributed by atoms with Gasteiger partial charge in [-0.3, -0.25) is 0 Å². The first kappa shape index (κ1) is 26.2. The van der Waals surface area contributed by atoms with E-state index in [4.69, 9.17) is 0 Å². The molecule has 1 aromatic carbocycles. The second kappa shape index (κ2) is 14.1. The van der Waals surface area contributed by atoms with Gasteiger partial charge < -0.3 is 0 Å². The van der Waals surface area contributed by atoms with Crippen LogP contribution in [0.15, 0.2) is 30.4 Å². The molecule has 2 heteroatoms. The van der Waals surface area contributed by atoms with Crippen molar-refractivity contribution in [2.24, 2.45) is 17.8 Å². The summed E-state index contributed by atoms with van der Waals surface area (Å²) in [6.07, 6.45) is 26.3. The average molecular weight is 457 g/mol. The van der Waals surface area contributed by atoms with Gasteiger partial charge in [-0.1, -0.05) is 115 Å². The maximum atomic E-state index is 14.8. The van der Waals surface area contributed by atoms with Crippen LogP contribution in [0.3, 0.4) is 0 Å². The van der Waals surface area contributed by atoms with Gasteiger partial charge in [-0.2, -0.15) is 0 Å². The number of rotatable bonds is 13. The van der Waals surface area contributed by atoms with E-state index in [-0.39, 0.29) is 0 Å². The second-order valence-corrected chi connectivity index (χ2v) is 10.6. The molecular weight excluding hydrogens is 410 g/mol. The molecule has 0 saturated heterocycles. The van der Waals surface area contributed by atoms with Gasteiger partial charge in [0, 0.05) is 5.56 Å². The number of hydrogen-bond acceptors (Lipinski definition) is 0. The largest absolute Gasteiger partial charge is 0.203 e. The standard InChI is InChI=1S/C31H46F2/c1-3-5-7-8-9-11-12-24-14-16-25(17-15-24)26-18-20-27(21-19-26)29-23-22-28(13-10-6-4-2)30(32)31(29)33/h18,20-26H,3-17,19H2,1-2H3. The van der Waals surface area contributed by atoms with Crippen LogP contribution in [0.1, 0.15) is 121 Å². The van der Waals surface area contributed by atoms with E-state index in [0.717, 1.165) is 43.1 Å². The zero-order chi connectivity index (χ0) is 23.5. The van der Waals surface area contributed by atoms with Crippen LogP contribution < -0.4 is 0 Å². The van der Waals surface area contributed by atoms with Gasteiger partial charge in [-0.15, -0.1) is 0 Å². The van der Waals surface area contributed by atoms with E-state index in [1.165, 1.54) is 70.6 Å². The van der Waals surface area contributed by atoms with Crippen molar-refractivity contribution in [3.05, 3.63) is 53.1 Å². The first-order chi connectivity index (χ1) is 16.1. The first-order valence-corrected chi connectivity index (χ1v) is 14.0. The summed E-state index contributed by atoms with van der Waals surface area (Å²) in [5.41, 5.74) is 1.78. The fourth-order valence-electron chi connectivity index (χ4n) is 5.88. The molecular formula is C31H46F2. The Balaban J connectivity index is 1.44. The van der Waals surface area contributed by atoms with Gasteiger partial charge in [0.05, 0.1) is 0 Å². The molecule has 184 valence electrons. The van der Waals surface area contributed by atoms with Crippen molar-refractivity contribution in [2.75, 3.05) is 0 Å². The van der Waals surface area contributed by atoms with Gasteiger partial charge in [0.1, 0.15) is 0 Å². The summed E-state index contributed by atoms with van der Waals surface area (Å²) in [7, 11) is 0. The Morgan fingerprint density at radius 2 is 1.48 bits per heavy atom. The van der Waals surface area contributed by atoms with E-state index in [1.54, 1.807) is 12.1 Å². The Morgan fingerprint density at radius 1 is 0.788 bits per heavy atom. The summed E-state index contributed by atoms with van der Waals surface area (Å²) >= 11 is 0. The zero-order valence-corrected chi connectivity index (χ0v) is 21.2. The summed E-state index contributed by atoms with van der Waals surface area (Å²) in [4.78, 5) is 0. The smallest absolute Gasteiger partial charge is 0.166 e. The summed E-state index contributed by atoms with van der Waals surface area (Å²) in [5, 5.41) is 0. The van der Waals surface area contributed by atoms with Gasteiger partial charge >= 0.3 is 0 Å². The maximum absolute atomic E-state index is 14.8. The molecule has 3 rings (SSSR count). The topological polar surface area (TPSA) is 0 Å². The van der Waals surface area contributed by atoms with E-state index in [2.05, 4.69) is 26.0 Å². The fraction of sp³-hybridized carbons (Fsp3) is 0.677. The summed E-state index contributed by atoms with van der Waals surface area (Å²) < 4.78 is 29.4. The molecule has 2 aliphatic carbocycles. The van der Waals surface area contributed by atoms with E-state index >= 15 is 0 Å². The van der Waals surface area contributed by atoms with Gasteiger partial charge in [0.15, 0.2) is 11.6 Å². The first-order valence-electron chi connectivity index (χ1n) is 14.0. The highest BCUT2D eigenvalue weighted by Crippen LogP contribution is 2.40. The van der Waals surface area contributed by atoms with Crippen LogP contribution in [0.25, 0.3) is 5.57 Å². The fourth-order valence-corrected chi connectivity index (χ4v) is 5.88. The van der Waals surface area contributed by atoms with Crippen molar-refractivity contribution in [2.45, 2.75) is 117 Å². The number of halogens is 2. The third kappa shape index (κ3) is 7.79. The third-order valence-corrected chi connectivity index (χ3v) is 8.12. The summed E-state index contributed by atoms with van der Waals surface area (Å²) in [6.45, 7) is 4.40. The van der Waals surface area contributed by atoms with Gasteiger partial charge in [0.2, 0.25) is 0 Å². The van der Waals surface area contributed by atoms with Crippen LogP contribution in [-0.4, -0.2) is 0 Å². The van der Waals surface area contributed by atoms with Crippen LogP contribution in [0.5, 0.6) is 0 Å². The van der Waals surface area contributed by atoms with Gasteiger partial charge in [-0.25, -0.2) is 8.78 Å². The van der Waals surface area contributed by atoms with Crippen molar-refractivity contribution >= 4 is 5.57 Å². The molecule has 33 heavy (non-hydrogen) atoms. The predicted octanol–water partition coefficient (Wildman–Crippen LogP) is 10.2. The number of unbranched alkanes of at least 4 members (excludes halogenated alkanes) is 7. The van der Waals surface area contributed by atoms with E-state index in [0.29, 0.717) is 23.5 Å². The van der Waals surface area contributed by atoms with Crippen LogP contribution in [0.4, 0.5) is 8.78 Å². The third-order valence-electron chi connectivity index (χ3n) is 8.12. The minimum absolute atomic E-state index is 0.420. The van der Waals surface area contributed by atoms with E-state index in [9.17, 15) is 8.78 Å². The van der Waals surface area contributed by atoms with Gasteiger partial charge in [-0.05, 0) is 61.0 Å². The Labute approximate surface area is 201 Å². The van der Waals surface area contributed by atoms with Gasteiger partial charge in [0.25, 0.3) is 0 Å². The monoisotopic (exact) mass is 456 g/mol. The Hall–Kier alpha value is -1.44. The lowest BCUT2D eigenvalue weighted by molar-refractivity contribution is 0.218. The lowest BCUT2D eigenvalue weighted by Crippen LogP contribution is -2.21. The molecule has 1 fully saturated rings. The molecule has 0 heterocycles. The van der Waals surface area contributed by atoms with Crippen LogP contribution >= 0.6 is 0 Å². The zero-order valence-electron chi connectivity index (χ0n) is 21.2. The maximum Gasteiger partial charge on any atom is 0.166 e. The lowest BCUT2D eigenvalue weighted by atomic mass is 9.72. The van der Waals surface area contributed by atoms with Crippen molar-refractivity contribution in [3.63, 3.8) is 0 Å². The summed E-state index contributed by atoms with van der Waals surface area (Å²) in [6, 6.07) is 3.57. The summed E-state index contributed by atoms with van der Waals surface area (Å²) in [5.74, 6) is 0.920. The molecule has 0 amide bonds. The molecule has 1 unspecified atom stereocenters. The van der Waals surface area contributed by atoms with Crippen molar-refractivity contribution in [1.29, 1.82) is 0 Å². The molecule has 0 bridgehead atoms.